The Morgan fingerprint density at radius 3 is 2.19 bits per heavy atom. The van der Waals surface area contributed by atoms with Crippen LogP contribution < -0.4 is 14.7 Å². The summed E-state index contributed by atoms with van der Waals surface area (Å²) < 4.78 is 0. The Balaban J connectivity index is 1.60. The summed E-state index contributed by atoms with van der Waals surface area (Å²) in [6, 6.07) is 16.4. The van der Waals surface area contributed by atoms with E-state index in [1.165, 1.54) is 11.3 Å². The molecule has 0 atom stereocenters. The van der Waals surface area contributed by atoms with Crippen LogP contribution in [-0.2, 0) is 0 Å². The van der Waals surface area contributed by atoms with Crippen molar-refractivity contribution in [2.24, 2.45) is 0 Å². The number of hydrogen-bond donors (Lipinski definition) is 0. The summed E-state index contributed by atoms with van der Waals surface area (Å²) in [4.78, 5) is 21.3. The maximum absolute atomic E-state index is 6.04. The van der Waals surface area contributed by atoms with E-state index >= 15 is 0 Å². The highest BCUT2D eigenvalue weighted by atomic mass is 35.5. The number of anilines is 3. The monoisotopic (exact) mass is 436 g/mol. The van der Waals surface area contributed by atoms with E-state index < -0.39 is 0 Å². The molecule has 0 aliphatic carbocycles. The summed E-state index contributed by atoms with van der Waals surface area (Å²) in [6.45, 7) is 11.6. The summed E-state index contributed by atoms with van der Waals surface area (Å²) in [6.07, 6.45) is 0. The molecule has 0 bridgehead atoms. The first-order valence-electron chi connectivity index (χ1n) is 10.9. The van der Waals surface area contributed by atoms with Crippen molar-refractivity contribution in [3.63, 3.8) is 0 Å². The topological polar surface area (TPSA) is 48.4 Å². The molecule has 1 aromatic heterocycles. The number of piperazine rings is 1. The van der Waals surface area contributed by atoms with E-state index in [0.29, 0.717) is 0 Å². The maximum Gasteiger partial charge on any atom is 0.230 e. The summed E-state index contributed by atoms with van der Waals surface area (Å²) in [5, 5.41) is 0.764. The van der Waals surface area contributed by atoms with Crippen LogP contribution in [0.1, 0.15) is 19.4 Å². The third-order valence-corrected chi connectivity index (χ3v) is 5.94. The number of hydrogen-bond acceptors (Lipinski definition) is 6. The minimum Gasteiger partial charge on any atom is -0.368 e. The quantitative estimate of drug-likeness (QED) is 0.559. The van der Waals surface area contributed by atoms with Gasteiger partial charge in [-0.25, -0.2) is 0 Å². The standard InChI is InChI=1S/C24H29ClN6/c1-4-29(5-2)23-26-22(19-8-6-7-18(3)17-19)27-24(28-23)31-15-13-30(14-16-31)21-11-9-20(25)10-12-21/h6-12,17H,4-5,13-16H2,1-3H3. The Bertz CT molecular complexity index is 1010. The van der Waals surface area contributed by atoms with Gasteiger partial charge in [0.25, 0.3) is 0 Å². The molecule has 3 aromatic rings. The zero-order valence-corrected chi connectivity index (χ0v) is 19.2. The van der Waals surface area contributed by atoms with Crippen molar-refractivity contribution in [3.8, 4) is 11.4 Å². The molecule has 0 spiro atoms. The summed E-state index contributed by atoms with van der Waals surface area (Å²) in [7, 11) is 0. The van der Waals surface area contributed by atoms with Gasteiger partial charge in [0.2, 0.25) is 11.9 Å². The average Bonchev–Trinajstić information content (AvgIpc) is 2.80. The van der Waals surface area contributed by atoms with Crippen LogP contribution in [0.15, 0.2) is 48.5 Å². The molecule has 0 unspecified atom stereocenters. The number of halogens is 1. The number of aromatic nitrogens is 3. The molecule has 0 radical (unpaired) electrons. The van der Waals surface area contributed by atoms with Crippen molar-refractivity contribution < 1.29 is 0 Å². The Morgan fingerprint density at radius 2 is 1.55 bits per heavy atom. The molecule has 0 N–H and O–H groups in total. The molecule has 1 fully saturated rings. The second kappa shape index (κ2) is 9.52. The van der Waals surface area contributed by atoms with E-state index in [9.17, 15) is 0 Å². The lowest BCUT2D eigenvalue weighted by Crippen LogP contribution is -2.47. The van der Waals surface area contributed by atoms with Gasteiger partial charge in [0, 0.05) is 55.5 Å². The van der Waals surface area contributed by atoms with Crippen molar-refractivity contribution in [1.29, 1.82) is 0 Å². The van der Waals surface area contributed by atoms with E-state index in [2.05, 4.69) is 71.9 Å². The Morgan fingerprint density at radius 1 is 0.871 bits per heavy atom. The lowest BCUT2D eigenvalue weighted by atomic mass is 10.1. The molecule has 4 rings (SSSR count). The molecular weight excluding hydrogens is 408 g/mol. The van der Waals surface area contributed by atoms with Gasteiger partial charge in [-0.2, -0.15) is 15.0 Å². The minimum atomic E-state index is 0.732. The van der Waals surface area contributed by atoms with Crippen LogP contribution in [0.2, 0.25) is 5.02 Å². The lowest BCUT2D eigenvalue weighted by molar-refractivity contribution is 0.637. The zero-order chi connectivity index (χ0) is 21.8. The van der Waals surface area contributed by atoms with Crippen LogP contribution >= 0.6 is 11.6 Å². The van der Waals surface area contributed by atoms with Gasteiger partial charge in [0.05, 0.1) is 0 Å². The molecule has 1 aliphatic rings. The number of rotatable bonds is 6. The second-order valence-corrected chi connectivity index (χ2v) is 8.19. The van der Waals surface area contributed by atoms with Crippen LogP contribution in [0.5, 0.6) is 0 Å². The van der Waals surface area contributed by atoms with Crippen molar-refractivity contribution in [1.82, 2.24) is 15.0 Å². The molecule has 0 amide bonds. The highest BCUT2D eigenvalue weighted by Crippen LogP contribution is 2.24. The van der Waals surface area contributed by atoms with Gasteiger partial charge in [-0.1, -0.05) is 35.4 Å². The minimum absolute atomic E-state index is 0.732. The molecular formula is C24H29ClN6. The molecule has 2 aromatic carbocycles. The molecule has 31 heavy (non-hydrogen) atoms. The fraction of sp³-hybridized carbons (Fsp3) is 0.375. The van der Waals surface area contributed by atoms with Gasteiger partial charge in [0.15, 0.2) is 5.82 Å². The van der Waals surface area contributed by atoms with Crippen molar-refractivity contribution in [3.05, 3.63) is 59.1 Å². The number of benzene rings is 2. The van der Waals surface area contributed by atoms with Gasteiger partial charge in [-0.15, -0.1) is 0 Å². The van der Waals surface area contributed by atoms with Gasteiger partial charge < -0.3 is 14.7 Å². The normalized spacial score (nSPS) is 14.1. The number of nitrogens with zero attached hydrogens (tertiary/aromatic N) is 6. The molecule has 1 saturated heterocycles. The first-order valence-corrected chi connectivity index (χ1v) is 11.3. The SMILES string of the molecule is CCN(CC)c1nc(-c2cccc(C)c2)nc(N2CCN(c3ccc(Cl)cc3)CC2)n1. The molecule has 6 nitrogen and oxygen atoms in total. The highest BCUT2D eigenvalue weighted by molar-refractivity contribution is 6.30. The van der Waals surface area contributed by atoms with Crippen LogP contribution in [0.4, 0.5) is 17.6 Å². The van der Waals surface area contributed by atoms with E-state index in [-0.39, 0.29) is 0 Å². The highest BCUT2D eigenvalue weighted by Gasteiger charge is 2.22. The van der Waals surface area contributed by atoms with Crippen LogP contribution in [-0.4, -0.2) is 54.2 Å². The lowest BCUT2D eigenvalue weighted by Gasteiger charge is -2.36. The molecule has 0 saturated carbocycles. The molecule has 1 aliphatic heterocycles. The van der Waals surface area contributed by atoms with E-state index in [4.69, 9.17) is 26.6 Å². The Kier molecular flexibility index (Phi) is 6.56. The third kappa shape index (κ3) is 4.90. The largest absolute Gasteiger partial charge is 0.368 e. The number of aryl methyl sites for hydroxylation is 1. The predicted molar refractivity (Wildman–Crippen MR) is 129 cm³/mol. The maximum atomic E-state index is 6.04. The average molecular weight is 437 g/mol. The van der Waals surface area contributed by atoms with Crippen molar-refractivity contribution >= 4 is 29.2 Å². The fourth-order valence-electron chi connectivity index (χ4n) is 3.87. The van der Waals surface area contributed by atoms with Crippen LogP contribution in [0.3, 0.4) is 0 Å². The third-order valence-electron chi connectivity index (χ3n) is 5.69. The van der Waals surface area contributed by atoms with Crippen molar-refractivity contribution in [2.45, 2.75) is 20.8 Å². The van der Waals surface area contributed by atoms with Crippen LogP contribution in [0.25, 0.3) is 11.4 Å². The van der Waals surface area contributed by atoms with Crippen LogP contribution in [0, 0.1) is 6.92 Å². The van der Waals surface area contributed by atoms with E-state index in [1.807, 2.05) is 12.1 Å². The zero-order valence-electron chi connectivity index (χ0n) is 18.4. The van der Waals surface area contributed by atoms with Gasteiger partial charge >= 0.3 is 0 Å². The summed E-state index contributed by atoms with van der Waals surface area (Å²) >= 11 is 6.04. The smallest absolute Gasteiger partial charge is 0.230 e. The van der Waals surface area contributed by atoms with Gasteiger partial charge in [-0.05, 0) is 51.1 Å². The summed E-state index contributed by atoms with van der Waals surface area (Å²) in [5.74, 6) is 2.23. The first-order chi connectivity index (χ1) is 15.1. The van der Waals surface area contributed by atoms with E-state index in [0.717, 1.165) is 67.6 Å². The van der Waals surface area contributed by atoms with E-state index in [1.54, 1.807) is 0 Å². The first kappa shape index (κ1) is 21.4. The molecule has 7 heteroatoms. The van der Waals surface area contributed by atoms with Gasteiger partial charge in [-0.3, -0.25) is 0 Å². The van der Waals surface area contributed by atoms with Gasteiger partial charge in [0.1, 0.15) is 0 Å². The van der Waals surface area contributed by atoms with Crippen molar-refractivity contribution in [2.75, 3.05) is 54.0 Å². The second-order valence-electron chi connectivity index (χ2n) is 7.75. The summed E-state index contributed by atoms with van der Waals surface area (Å²) in [5.41, 5.74) is 3.42. The molecule has 2 heterocycles. The Hall–Kier alpha value is -2.86. The molecule has 162 valence electrons. The fourth-order valence-corrected chi connectivity index (χ4v) is 4.00. The Labute approximate surface area is 189 Å². The predicted octanol–water partition coefficient (Wildman–Crippen LogP) is 4.67.